The third-order valence-corrected chi connectivity index (χ3v) is 6.41. The van der Waals surface area contributed by atoms with Crippen molar-refractivity contribution in [2.45, 2.75) is 37.5 Å². The molecular weight excluding hydrogens is 327 g/mol. The molecule has 2 aliphatic rings. The van der Waals surface area contributed by atoms with Crippen LogP contribution < -0.4 is 0 Å². The highest BCUT2D eigenvalue weighted by molar-refractivity contribution is 8.00. The summed E-state index contributed by atoms with van der Waals surface area (Å²) in [4.78, 5) is 28.5. The highest BCUT2D eigenvalue weighted by Gasteiger charge is 2.46. The van der Waals surface area contributed by atoms with Crippen molar-refractivity contribution in [3.8, 4) is 0 Å². The number of halogens is 1. The minimum absolute atomic E-state index is 0.104. The maximum Gasteiger partial charge on any atom is 0.255 e. The Morgan fingerprint density at radius 3 is 2.67 bits per heavy atom. The van der Waals surface area contributed by atoms with E-state index >= 15 is 0 Å². The van der Waals surface area contributed by atoms with E-state index in [2.05, 4.69) is 0 Å². The average Bonchev–Trinajstić information content (AvgIpc) is 2.98. The molecule has 130 valence electrons. The number of piperidine rings is 1. The Hall–Kier alpha value is -1.56. The van der Waals surface area contributed by atoms with Gasteiger partial charge in [0.25, 0.3) is 5.91 Å². The van der Waals surface area contributed by atoms with Crippen molar-refractivity contribution in [1.82, 2.24) is 9.80 Å². The van der Waals surface area contributed by atoms with Gasteiger partial charge in [0.2, 0.25) is 5.91 Å². The number of carbonyl (C=O) groups is 2. The lowest BCUT2D eigenvalue weighted by atomic mass is 10.0. The van der Waals surface area contributed by atoms with Crippen LogP contribution in [0.1, 0.15) is 43.0 Å². The van der Waals surface area contributed by atoms with Crippen LogP contribution in [0.25, 0.3) is 0 Å². The standard InChI is InChI=1S/C18H23FN2O2S/c1-2-4-16(22)20-9-7-18(8-10-20)21(11-12-24-18)17(23)14-5-3-6-15(19)13-14/h3,5-6,13H,2,4,7-12H2,1H3. The van der Waals surface area contributed by atoms with Crippen LogP contribution in [0.15, 0.2) is 24.3 Å². The first-order chi connectivity index (χ1) is 11.6. The molecule has 1 spiro atoms. The van der Waals surface area contributed by atoms with Gasteiger partial charge in [0, 0.05) is 37.4 Å². The number of carbonyl (C=O) groups excluding carboxylic acids is 2. The second kappa shape index (κ2) is 7.13. The molecule has 2 heterocycles. The van der Waals surface area contributed by atoms with Crippen molar-refractivity contribution in [3.63, 3.8) is 0 Å². The quantitative estimate of drug-likeness (QED) is 0.841. The molecule has 0 bridgehead atoms. The summed E-state index contributed by atoms with van der Waals surface area (Å²) in [5.41, 5.74) is 0.404. The average molecular weight is 350 g/mol. The molecule has 0 radical (unpaired) electrons. The van der Waals surface area contributed by atoms with Gasteiger partial charge in [-0.1, -0.05) is 13.0 Å². The van der Waals surface area contributed by atoms with Gasteiger partial charge >= 0.3 is 0 Å². The summed E-state index contributed by atoms with van der Waals surface area (Å²) in [5.74, 6) is 0.608. The molecule has 0 atom stereocenters. The van der Waals surface area contributed by atoms with Gasteiger partial charge in [0.15, 0.2) is 0 Å². The van der Waals surface area contributed by atoms with Crippen LogP contribution in [0, 0.1) is 5.82 Å². The fourth-order valence-electron chi connectivity index (χ4n) is 3.56. The summed E-state index contributed by atoms with van der Waals surface area (Å²) < 4.78 is 13.4. The third-order valence-electron chi connectivity index (χ3n) is 4.86. The molecular formula is C18H23FN2O2S. The van der Waals surface area contributed by atoms with Crippen molar-refractivity contribution in [2.75, 3.05) is 25.4 Å². The van der Waals surface area contributed by atoms with Crippen LogP contribution in [-0.2, 0) is 4.79 Å². The fraction of sp³-hybridized carbons (Fsp3) is 0.556. The van der Waals surface area contributed by atoms with Crippen LogP contribution in [0.3, 0.4) is 0 Å². The predicted octanol–water partition coefficient (Wildman–Crippen LogP) is 3.13. The molecule has 1 aromatic carbocycles. The Bertz CT molecular complexity index is 629. The largest absolute Gasteiger partial charge is 0.342 e. The first-order valence-electron chi connectivity index (χ1n) is 8.55. The smallest absolute Gasteiger partial charge is 0.255 e. The van der Waals surface area contributed by atoms with Crippen LogP contribution in [-0.4, -0.2) is 51.9 Å². The molecule has 2 amide bonds. The molecule has 0 saturated carbocycles. The summed E-state index contributed by atoms with van der Waals surface area (Å²) in [7, 11) is 0. The minimum atomic E-state index is -0.387. The Labute approximate surface area is 146 Å². The normalized spacial score (nSPS) is 19.8. The second-order valence-corrected chi connectivity index (χ2v) is 7.85. The lowest BCUT2D eigenvalue weighted by Gasteiger charge is -2.44. The van der Waals surface area contributed by atoms with E-state index in [1.165, 1.54) is 12.1 Å². The topological polar surface area (TPSA) is 40.6 Å². The summed E-state index contributed by atoms with van der Waals surface area (Å²) in [6.07, 6.45) is 3.02. The van der Waals surface area contributed by atoms with E-state index in [0.717, 1.165) is 25.0 Å². The van der Waals surface area contributed by atoms with E-state index in [1.807, 2.05) is 16.7 Å². The van der Waals surface area contributed by atoms with Crippen molar-refractivity contribution < 1.29 is 14.0 Å². The van der Waals surface area contributed by atoms with Crippen LogP contribution >= 0.6 is 11.8 Å². The lowest BCUT2D eigenvalue weighted by Crippen LogP contribution is -2.53. The van der Waals surface area contributed by atoms with Gasteiger partial charge in [-0.2, -0.15) is 0 Å². The first-order valence-corrected chi connectivity index (χ1v) is 9.53. The van der Waals surface area contributed by atoms with Crippen LogP contribution in [0.2, 0.25) is 0 Å². The molecule has 0 aliphatic carbocycles. The number of benzene rings is 1. The molecule has 24 heavy (non-hydrogen) atoms. The van der Waals surface area contributed by atoms with Crippen molar-refractivity contribution in [3.05, 3.63) is 35.6 Å². The van der Waals surface area contributed by atoms with E-state index in [4.69, 9.17) is 0 Å². The monoisotopic (exact) mass is 350 g/mol. The second-order valence-electron chi connectivity index (χ2n) is 6.39. The number of amides is 2. The molecule has 4 nitrogen and oxygen atoms in total. The van der Waals surface area contributed by atoms with Gasteiger partial charge in [-0.25, -0.2) is 4.39 Å². The van der Waals surface area contributed by atoms with Crippen molar-refractivity contribution in [1.29, 1.82) is 0 Å². The van der Waals surface area contributed by atoms with Gasteiger partial charge in [-0.05, 0) is 37.5 Å². The van der Waals surface area contributed by atoms with Gasteiger partial charge in [0.05, 0.1) is 4.87 Å². The Kier molecular flexibility index (Phi) is 5.13. The summed E-state index contributed by atoms with van der Waals surface area (Å²) >= 11 is 1.80. The van der Waals surface area contributed by atoms with E-state index in [-0.39, 0.29) is 22.5 Å². The number of rotatable bonds is 3. The van der Waals surface area contributed by atoms with Crippen molar-refractivity contribution >= 4 is 23.6 Å². The fourth-order valence-corrected chi connectivity index (χ4v) is 5.02. The highest BCUT2D eigenvalue weighted by atomic mass is 32.2. The van der Waals surface area contributed by atoms with E-state index in [9.17, 15) is 14.0 Å². The van der Waals surface area contributed by atoms with Crippen LogP contribution in [0.4, 0.5) is 4.39 Å². The molecule has 2 aliphatic heterocycles. The van der Waals surface area contributed by atoms with E-state index in [0.29, 0.717) is 31.6 Å². The number of hydrogen-bond donors (Lipinski definition) is 0. The van der Waals surface area contributed by atoms with E-state index < -0.39 is 0 Å². The molecule has 0 unspecified atom stereocenters. The number of hydrogen-bond acceptors (Lipinski definition) is 3. The van der Waals surface area contributed by atoms with E-state index in [1.54, 1.807) is 23.9 Å². The molecule has 2 saturated heterocycles. The molecule has 6 heteroatoms. The maximum atomic E-state index is 13.4. The number of nitrogens with zero attached hydrogens (tertiary/aromatic N) is 2. The third kappa shape index (κ3) is 3.29. The minimum Gasteiger partial charge on any atom is -0.342 e. The summed E-state index contributed by atoms with van der Waals surface area (Å²) in [6.45, 7) is 4.08. The molecule has 2 fully saturated rings. The molecule has 0 aromatic heterocycles. The van der Waals surface area contributed by atoms with Crippen molar-refractivity contribution in [2.24, 2.45) is 0 Å². The Balaban J connectivity index is 1.72. The van der Waals surface area contributed by atoms with Gasteiger partial charge < -0.3 is 9.80 Å². The predicted molar refractivity (Wildman–Crippen MR) is 93.3 cm³/mol. The molecule has 1 aromatic rings. The number of likely N-dealkylation sites (tertiary alicyclic amines) is 1. The number of thioether (sulfide) groups is 1. The van der Waals surface area contributed by atoms with Crippen LogP contribution in [0.5, 0.6) is 0 Å². The first kappa shape index (κ1) is 17.3. The Morgan fingerprint density at radius 1 is 1.25 bits per heavy atom. The molecule has 0 N–H and O–H groups in total. The lowest BCUT2D eigenvalue weighted by molar-refractivity contribution is -0.132. The molecule has 3 rings (SSSR count). The zero-order chi connectivity index (χ0) is 17.2. The summed E-state index contributed by atoms with van der Waals surface area (Å²) in [6, 6.07) is 5.90. The SMILES string of the molecule is CCCC(=O)N1CCC2(CC1)SCCN2C(=O)c1cccc(F)c1. The Morgan fingerprint density at radius 2 is 2.00 bits per heavy atom. The van der Waals surface area contributed by atoms with Gasteiger partial charge in [0.1, 0.15) is 5.82 Å². The highest BCUT2D eigenvalue weighted by Crippen LogP contribution is 2.44. The zero-order valence-corrected chi connectivity index (χ0v) is 14.8. The van der Waals surface area contributed by atoms with Gasteiger partial charge in [-0.15, -0.1) is 11.8 Å². The maximum absolute atomic E-state index is 13.4. The van der Waals surface area contributed by atoms with Gasteiger partial charge in [-0.3, -0.25) is 9.59 Å². The zero-order valence-electron chi connectivity index (χ0n) is 14.0. The summed E-state index contributed by atoms with van der Waals surface area (Å²) in [5, 5.41) is 0.